The fourth-order valence-corrected chi connectivity index (χ4v) is 0.609. The summed E-state index contributed by atoms with van der Waals surface area (Å²) in [6.45, 7) is 0. The average molecular weight is 116 g/mol. The zero-order valence-corrected chi connectivity index (χ0v) is 4.89. The first-order chi connectivity index (χ1) is 4.33. The van der Waals surface area contributed by atoms with Crippen molar-refractivity contribution in [2.75, 3.05) is 0 Å². The maximum atomic E-state index is 7.14. The van der Waals surface area contributed by atoms with Crippen LogP contribution in [0.4, 0.5) is 5.69 Å². The minimum absolute atomic E-state index is 0.463. The summed E-state index contributed by atoms with van der Waals surface area (Å²) in [5.74, 6) is 2.45. The summed E-state index contributed by atoms with van der Waals surface area (Å²) in [7, 11) is 0. The van der Waals surface area contributed by atoms with E-state index in [0.717, 1.165) is 5.56 Å². The first-order valence-corrected chi connectivity index (χ1v) is 2.61. The molecule has 0 fully saturated rings. The number of benzene rings is 1. The second-order valence-corrected chi connectivity index (χ2v) is 1.73. The highest BCUT2D eigenvalue weighted by Crippen LogP contribution is 2.05. The Morgan fingerprint density at radius 2 is 2.22 bits per heavy atom. The van der Waals surface area contributed by atoms with Crippen molar-refractivity contribution in [1.82, 2.24) is 5.73 Å². The highest BCUT2D eigenvalue weighted by Gasteiger charge is 1.85. The third-order valence-corrected chi connectivity index (χ3v) is 1.03. The molecule has 0 aliphatic rings. The summed E-state index contributed by atoms with van der Waals surface area (Å²) < 4.78 is 0. The maximum Gasteiger partial charge on any atom is 0.0552 e. The van der Waals surface area contributed by atoms with E-state index >= 15 is 0 Å². The van der Waals surface area contributed by atoms with Crippen LogP contribution >= 0.6 is 0 Å². The van der Waals surface area contributed by atoms with Crippen molar-refractivity contribution in [3.05, 3.63) is 29.8 Å². The van der Waals surface area contributed by atoms with Crippen LogP contribution in [0, 0.1) is 12.3 Å². The number of hydrogen-bond donors (Lipinski definition) is 0. The Balaban J connectivity index is 3.12. The molecule has 1 aromatic carbocycles. The first kappa shape index (κ1) is 5.71. The molecule has 0 amide bonds. The molecular weight excluding hydrogens is 110 g/mol. The highest BCUT2D eigenvalue weighted by molar-refractivity contribution is 5.43. The van der Waals surface area contributed by atoms with E-state index in [2.05, 4.69) is 5.92 Å². The van der Waals surface area contributed by atoms with E-state index < -0.39 is 0 Å². The Hall–Kier alpha value is -1.42. The Kier molecular flexibility index (Phi) is 1.42. The quantitative estimate of drug-likeness (QED) is 0.459. The van der Waals surface area contributed by atoms with Gasteiger partial charge in [0.1, 0.15) is 0 Å². The molecule has 0 aliphatic carbocycles. The molecule has 0 aliphatic heterocycles. The van der Waals surface area contributed by atoms with Crippen molar-refractivity contribution < 1.29 is 0 Å². The lowest BCUT2D eigenvalue weighted by Gasteiger charge is -1.89. The van der Waals surface area contributed by atoms with E-state index in [4.69, 9.17) is 12.2 Å². The minimum Gasteiger partial charge on any atom is -0.301 e. The topological polar surface area (TPSA) is 23.8 Å². The van der Waals surface area contributed by atoms with Crippen LogP contribution in [0.2, 0.25) is 0 Å². The Morgan fingerprint density at radius 3 is 2.67 bits per heavy atom. The summed E-state index contributed by atoms with van der Waals surface area (Å²) in [6, 6.07) is 6.93. The van der Waals surface area contributed by atoms with E-state index in [1.807, 2.05) is 0 Å². The van der Waals surface area contributed by atoms with Gasteiger partial charge in [-0.15, -0.1) is 6.42 Å². The van der Waals surface area contributed by atoms with Gasteiger partial charge in [0, 0.05) is 5.56 Å². The molecule has 0 saturated carbocycles. The van der Waals surface area contributed by atoms with Crippen LogP contribution in [0.25, 0.3) is 0 Å². The number of terminal acetylenes is 1. The second-order valence-electron chi connectivity index (χ2n) is 1.73. The fourth-order valence-electron chi connectivity index (χ4n) is 0.609. The molecule has 0 spiro atoms. The minimum atomic E-state index is 0.463. The predicted octanol–water partition coefficient (Wildman–Crippen LogP) is 1.58. The largest absolute Gasteiger partial charge is 0.301 e. The Labute approximate surface area is 54.5 Å². The number of nitrogens with one attached hydrogen (secondary N) is 1. The lowest BCUT2D eigenvalue weighted by Crippen LogP contribution is -1.72. The maximum absolute atomic E-state index is 7.14. The SMILES string of the molecule is C#Cc1cccc([NH])c1. The molecule has 1 radical (unpaired) electrons. The summed E-state index contributed by atoms with van der Waals surface area (Å²) in [4.78, 5) is 0. The smallest absolute Gasteiger partial charge is 0.0552 e. The van der Waals surface area contributed by atoms with Crippen molar-refractivity contribution in [2.24, 2.45) is 0 Å². The van der Waals surface area contributed by atoms with E-state index in [-0.39, 0.29) is 0 Å². The lowest BCUT2D eigenvalue weighted by molar-refractivity contribution is 1.47. The molecule has 0 unspecified atom stereocenters. The monoisotopic (exact) mass is 116 g/mol. The van der Waals surface area contributed by atoms with Gasteiger partial charge in [0.05, 0.1) is 5.69 Å². The van der Waals surface area contributed by atoms with E-state index in [9.17, 15) is 0 Å². The molecule has 0 bridgehead atoms. The summed E-state index contributed by atoms with van der Waals surface area (Å²) in [5, 5.41) is 0. The molecule has 1 heteroatoms. The average Bonchev–Trinajstić information content (AvgIpc) is 1.88. The second kappa shape index (κ2) is 2.23. The molecule has 43 valence electrons. The van der Waals surface area contributed by atoms with Gasteiger partial charge in [0.2, 0.25) is 0 Å². The first-order valence-electron chi connectivity index (χ1n) is 2.61. The van der Waals surface area contributed by atoms with Gasteiger partial charge in [0.25, 0.3) is 0 Å². The molecule has 9 heavy (non-hydrogen) atoms. The van der Waals surface area contributed by atoms with Crippen molar-refractivity contribution in [1.29, 1.82) is 0 Å². The zero-order valence-electron chi connectivity index (χ0n) is 4.89. The van der Waals surface area contributed by atoms with Gasteiger partial charge in [-0.05, 0) is 18.2 Å². The summed E-state index contributed by atoms with van der Waals surface area (Å²) >= 11 is 0. The molecule has 0 atom stereocenters. The zero-order chi connectivity index (χ0) is 6.69. The van der Waals surface area contributed by atoms with Gasteiger partial charge >= 0.3 is 0 Å². The van der Waals surface area contributed by atoms with Gasteiger partial charge in [-0.2, -0.15) is 0 Å². The predicted molar refractivity (Wildman–Crippen MR) is 37.1 cm³/mol. The molecule has 1 aromatic rings. The number of rotatable bonds is 0. The van der Waals surface area contributed by atoms with E-state index in [0.29, 0.717) is 5.69 Å². The molecule has 0 heterocycles. The third-order valence-electron chi connectivity index (χ3n) is 1.03. The van der Waals surface area contributed by atoms with Gasteiger partial charge < -0.3 is 5.73 Å². The van der Waals surface area contributed by atoms with Gasteiger partial charge in [-0.3, -0.25) is 0 Å². The fraction of sp³-hybridized carbons (Fsp3) is 0. The van der Waals surface area contributed by atoms with Crippen LogP contribution < -0.4 is 5.73 Å². The summed E-state index contributed by atoms with van der Waals surface area (Å²) in [6.07, 6.45) is 5.09. The Bertz CT molecular complexity index is 245. The van der Waals surface area contributed by atoms with Crippen molar-refractivity contribution >= 4 is 5.69 Å². The van der Waals surface area contributed by atoms with Crippen LogP contribution in [0.1, 0.15) is 5.56 Å². The molecular formula is C8H6N. The van der Waals surface area contributed by atoms with Crippen LogP contribution in [0.15, 0.2) is 24.3 Å². The summed E-state index contributed by atoms with van der Waals surface area (Å²) in [5.41, 5.74) is 8.37. The van der Waals surface area contributed by atoms with Crippen molar-refractivity contribution in [3.8, 4) is 12.3 Å². The highest BCUT2D eigenvalue weighted by atomic mass is 14.5. The number of hydrogen-bond acceptors (Lipinski definition) is 0. The van der Waals surface area contributed by atoms with Crippen LogP contribution in [0.3, 0.4) is 0 Å². The van der Waals surface area contributed by atoms with E-state index in [1.54, 1.807) is 24.3 Å². The van der Waals surface area contributed by atoms with Gasteiger partial charge in [0.15, 0.2) is 0 Å². The van der Waals surface area contributed by atoms with E-state index in [1.165, 1.54) is 0 Å². The van der Waals surface area contributed by atoms with Gasteiger partial charge in [-0.1, -0.05) is 12.0 Å². The van der Waals surface area contributed by atoms with Crippen LogP contribution in [-0.4, -0.2) is 0 Å². The normalized spacial score (nSPS) is 8.33. The lowest BCUT2D eigenvalue weighted by atomic mass is 10.2. The molecule has 0 aromatic heterocycles. The van der Waals surface area contributed by atoms with Gasteiger partial charge in [-0.25, -0.2) is 0 Å². The standard InChI is InChI=1S/C8H6N/c1-2-7-4-3-5-8(9)6-7/h1,3-6,9H. The molecule has 0 saturated heterocycles. The molecule has 1 nitrogen and oxygen atoms in total. The van der Waals surface area contributed by atoms with Crippen molar-refractivity contribution in [3.63, 3.8) is 0 Å². The van der Waals surface area contributed by atoms with Crippen LogP contribution in [0.5, 0.6) is 0 Å². The third kappa shape index (κ3) is 1.23. The molecule has 1 N–H and O–H groups in total. The van der Waals surface area contributed by atoms with Crippen molar-refractivity contribution in [2.45, 2.75) is 0 Å². The van der Waals surface area contributed by atoms with Crippen LogP contribution in [-0.2, 0) is 0 Å². The molecule has 1 rings (SSSR count). The Morgan fingerprint density at radius 1 is 1.44 bits per heavy atom.